The number of hydrogen-bond acceptors (Lipinski definition) is 4. The molecule has 0 bridgehead atoms. The lowest BCUT2D eigenvalue weighted by atomic mass is 10.2. The van der Waals surface area contributed by atoms with E-state index in [9.17, 15) is 4.79 Å². The molecule has 2 N–H and O–H groups in total. The third kappa shape index (κ3) is 3.67. The molecule has 2 unspecified atom stereocenters. The van der Waals surface area contributed by atoms with Crippen LogP contribution in [0.5, 0.6) is 11.5 Å². The number of benzene rings is 1. The maximum atomic E-state index is 11.9. The van der Waals surface area contributed by atoms with Crippen molar-refractivity contribution in [1.82, 2.24) is 5.32 Å². The molecule has 5 heteroatoms. The van der Waals surface area contributed by atoms with Gasteiger partial charge in [0, 0.05) is 17.8 Å². The van der Waals surface area contributed by atoms with Crippen LogP contribution < -0.4 is 20.1 Å². The first-order valence-electron chi connectivity index (χ1n) is 7.69. The molecule has 5 nitrogen and oxygen atoms in total. The first-order valence-corrected chi connectivity index (χ1v) is 7.69. The molecule has 1 aliphatic heterocycles. The zero-order chi connectivity index (χ0) is 14.7. The summed E-state index contributed by atoms with van der Waals surface area (Å²) < 4.78 is 11.0. The number of nitrogens with one attached hydrogen (secondary N) is 2. The predicted octanol–water partition coefficient (Wildman–Crippen LogP) is 2.17. The normalized spacial score (nSPS) is 22.7. The molecular formula is C16H22N2O3. The molecule has 0 radical (unpaired) electrons. The van der Waals surface area contributed by atoms with Gasteiger partial charge in [-0.3, -0.25) is 4.79 Å². The second-order valence-electron chi connectivity index (χ2n) is 5.68. The molecule has 1 saturated carbocycles. The second kappa shape index (κ2) is 6.35. The minimum absolute atomic E-state index is 0.0196. The quantitative estimate of drug-likeness (QED) is 0.843. The Morgan fingerprint density at radius 1 is 1.29 bits per heavy atom. The molecule has 1 amide bonds. The second-order valence-corrected chi connectivity index (χ2v) is 5.68. The standard InChI is InChI=1S/C16H22N2O3/c1-2-3-11-8-13(11)17-10-16(19)18-12-4-5-14-15(9-12)21-7-6-20-14/h4-5,9,11,13,17H,2-3,6-8,10H2,1H3,(H,18,19). The van der Waals surface area contributed by atoms with Crippen molar-refractivity contribution in [2.24, 2.45) is 5.92 Å². The Hall–Kier alpha value is -1.75. The van der Waals surface area contributed by atoms with Crippen LogP contribution in [-0.4, -0.2) is 31.7 Å². The molecule has 1 fully saturated rings. The van der Waals surface area contributed by atoms with Crippen molar-refractivity contribution in [3.8, 4) is 11.5 Å². The van der Waals surface area contributed by atoms with Gasteiger partial charge in [-0.15, -0.1) is 0 Å². The number of carbonyl (C=O) groups is 1. The molecule has 1 aromatic rings. The van der Waals surface area contributed by atoms with Gasteiger partial charge in [0.2, 0.25) is 5.91 Å². The van der Waals surface area contributed by atoms with Crippen LogP contribution in [0.4, 0.5) is 5.69 Å². The molecule has 114 valence electrons. The lowest BCUT2D eigenvalue weighted by Gasteiger charge is -2.19. The van der Waals surface area contributed by atoms with Gasteiger partial charge in [-0.1, -0.05) is 13.3 Å². The Morgan fingerprint density at radius 2 is 2.10 bits per heavy atom. The van der Waals surface area contributed by atoms with Crippen LogP contribution in [0.15, 0.2) is 18.2 Å². The number of rotatable bonds is 6. The predicted molar refractivity (Wildman–Crippen MR) is 80.9 cm³/mol. The van der Waals surface area contributed by atoms with Gasteiger partial charge in [-0.2, -0.15) is 0 Å². The van der Waals surface area contributed by atoms with Gasteiger partial charge < -0.3 is 20.1 Å². The fourth-order valence-corrected chi connectivity index (χ4v) is 2.74. The first kappa shape index (κ1) is 14.2. The fraction of sp³-hybridized carbons (Fsp3) is 0.562. The van der Waals surface area contributed by atoms with E-state index in [-0.39, 0.29) is 5.91 Å². The van der Waals surface area contributed by atoms with Crippen LogP contribution in [-0.2, 0) is 4.79 Å². The van der Waals surface area contributed by atoms with Gasteiger partial charge in [0.05, 0.1) is 6.54 Å². The highest BCUT2D eigenvalue weighted by atomic mass is 16.6. The summed E-state index contributed by atoms with van der Waals surface area (Å²) in [5.74, 6) is 2.17. The molecule has 1 aliphatic carbocycles. The van der Waals surface area contributed by atoms with E-state index in [1.165, 1.54) is 19.3 Å². The van der Waals surface area contributed by atoms with Gasteiger partial charge in [0.1, 0.15) is 13.2 Å². The molecule has 0 aromatic heterocycles. The van der Waals surface area contributed by atoms with Crippen LogP contribution in [0.2, 0.25) is 0 Å². The van der Waals surface area contributed by atoms with Crippen molar-refractivity contribution in [2.45, 2.75) is 32.2 Å². The summed E-state index contributed by atoms with van der Waals surface area (Å²) in [6.07, 6.45) is 3.67. The van der Waals surface area contributed by atoms with Crippen LogP contribution in [0.25, 0.3) is 0 Å². The van der Waals surface area contributed by atoms with Crippen LogP contribution in [0.3, 0.4) is 0 Å². The summed E-state index contributed by atoms with van der Waals surface area (Å²) in [5, 5.41) is 6.19. The Morgan fingerprint density at radius 3 is 2.90 bits per heavy atom. The van der Waals surface area contributed by atoms with Crippen molar-refractivity contribution in [2.75, 3.05) is 25.1 Å². The highest BCUT2D eigenvalue weighted by molar-refractivity contribution is 5.92. The lowest BCUT2D eigenvalue weighted by Crippen LogP contribution is -2.30. The Kier molecular flexibility index (Phi) is 4.29. The van der Waals surface area contributed by atoms with E-state index in [4.69, 9.17) is 9.47 Å². The van der Waals surface area contributed by atoms with Gasteiger partial charge in [0.25, 0.3) is 0 Å². The molecule has 0 spiro atoms. The molecule has 0 saturated heterocycles. The van der Waals surface area contributed by atoms with Gasteiger partial charge in [0.15, 0.2) is 11.5 Å². The summed E-state index contributed by atoms with van der Waals surface area (Å²) >= 11 is 0. The molecule has 3 rings (SSSR count). The topological polar surface area (TPSA) is 59.6 Å². The van der Waals surface area contributed by atoms with E-state index in [1.54, 1.807) is 0 Å². The maximum absolute atomic E-state index is 11.9. The summed E-state index contributed by atoms with van der Waals surface area (Å²) in [6.45, 7) is 3.68. The lowest BCUT2D eigenvalue weighted by molar-refractivity contribution is -0.115. The minimum atomic E-state index is -0.0196. The third-order valence-corrected chi connectivity index (χ3v) is 3.93. The van der Waals surface area contributed by atoms with E-state index >= 15 is 0 Å². The Balaban J connectivity index is 1.46. The number of anilines is 1. The summed E-state index contributed by atoms with van der Waals surface area (Å²) in [4.78, 5) is 11.9. The molecular weight excluding hydrogens is 268 g/mol. The minimum Gasteiger partial charge on any atom is -0.486 e. The zero-order valence-corrected chi connectivity index (χ0v) is 12.4. The third-order valence-electron chi connectivity index (χ3n) is 3.93. The van der Waals surface area contributed by atoms with Crippen molar-refractivity contribution in [1.29, 1.82) is 0 Å². The van der Waals surface area contributed by atoms with Crippen LogP contribution in [0.1, 0.15) is 26.2 Å². The summed E-state index contributed by atoms with van der Waals surface area (Å²) in [7, 11) is 0. The summed E-state index contributed by atoms with van der Waals surface area (Å²) in [6, 6.07) is 6.00. The highest BCUT2D eigenvalue weighted by Gasteiger charge is 2.35. The molecule has 1 heterocycles. The zero-order valence-electron chi connectivity index (χ0n) is 12.4. The van der Waals surface area contributed by atoms with Crippen molar-refractivity contribution >= 4 is 11.6 Å². The smallest absolute Gasteiger partial charge is 0.238 e. The van der Waals surface area contributed by atoms with Gasteiger partial charge in [-0.05, 0) is 30.9 Å². The van der Waals surface area contributed by atoms with Gasteiger partial charge in [-0.25, -0.2) is 0 Å². The van der Waals surface area contributed by atoms with Gasteiger partial charge >= 0.3 is 0 Å². The van der Waals surface area contributed by atoms with E-state index in [0.717, 1.165) is 17.4 Å². The van der Waals surface area contributed by atoms with Crippen molar-refractivity contribution in [3.05, 3.63) is 18.2 Å². The van der Waals surface area contributed by atoms with E-state index in [1.807, 2.05) is 18.2 Å². The SMILES string of the molecule is CCCC1CC1NCC(=O)Nc1ccc2c(c1)OCCO2. The van der Waals surface area contributed by atoms with E-state index < -0.39 is 0 Å². The highest BCUT2D eigenvalue weighted by Crippen LogP contribution is 2.34. The summed E-state index contributed by atoms with van der Waals surface area (Å²) in [5.41, 5.74) is 0.743. The number of ether oxygens (including phenoxy) is 2. The first-order chi connectivity index (χ1) is 10.3. The Labute approximate surface area is 125 Å². The van der Waals surface area contributed by atoms with E-state index in [2.05, 4.69) is 17.6 Å². The fourth-order valence-electron chi connectivity index (χ4n) is 2.74. The average Bonchev–Trinajstić information content (AvgIpc) is 3.24. The van der Waals surface area contributed by atoms with Crippen molar-refractivity contribution < 1.29 is 14.3 Å². The van der Waals surface area contributed by atoms with E-state index in [0.29, 0.717) is 31.5 Å². The molecule has 1 aromatic carbocycles. The number of hydrogen-bond donors (Lipinski definition) is 2. The maximum Gasteiger partial charge on any atom is 0.238 e. The average molecular weight is 290 g/mol. The molecule has 2 atom stereocenters. The van der Waals surface area contributed by atoms with Crippen LogP contribution >= 0.6 is 0 Å². The largest absolute Gasteiger partial charge is 0.486 e. The molecule has 21 heavy (non-hydrogen) atoms. The molecule has 2 aliphatic rings. The number of amides is 1. The van der Waals surface area contributed by atoms with Crippen LogP contribution in [0, 0.1) is 5.92 Å². The monoisotopic (exact) mass is 290 g/mol. The Bertz CT molecular complexity index is 518. The van der Waals surface area contributed by atoms with Crippen molar-refractivity contribution in [3.63, 3.8) is 0 Å². The number of fused-ring (bicyclic) bond motifs is 1. The number of carbonyl (C=O) groups excluding carboxylic acids is 1.